The number of hydrogen-bond donors (Lipinski definition) is 3. The number of benzene rings is 6. The van der Waals surface area contributed by atoms with Crippen LogP contribution in [-0.2, 0) is 23.9 Å². The van der Waals surface area contributed by atoms with Gasteiger partial charge in [0.05, 0.1) is 13.2 Å². The second kappa shape index (κ2) is 26.3. The van der Waals surface area contributed by atoms with Gasteiger partial charge in [-0.15, -0.1) is 0 Å². The highest BCUT2D eigenvalue weighted by Crippen LogP contribution is 2.35. The van der Waals surface area contributed by atoms with E-state index in [0.717, 1.165) is 44.5 Å². The third-order valence-corrected chi connectivity index (χ3v) is 9.72. The Hall–Kier alpha value is -8.13. The topological polar surface area (TPSA) is 177 Å². The first-order chi connectivity index (χ1) is 33.2. The molecule has 6 aromatic rings. The summed E-state index contributed by atoms with van der Waals surface area (Å²) in [6.07, 6.45) is 0. The van der Waals surface area contributed by atoms with E-state index >= 15 is 0 Å². The molecule has 0 aromatic heterocycles. The van der Waals surface area contributed by atoms with Crippen LogP contribution in [0.25, 0.3) is 44.5 Å². The Kier molecular flexibility index (Phi) is 19.7. The smallest absolute Gasteiger partial charge is 0.338 e. The summed E-state index contributed by atoms with van der Waals surface area (Å²) in [6.45, 7) is 16.6. The molecule has 0 saturated carbocycles. The molecule has 0 spiro atoms. The fourth-order valence-electron chi connectivity index (χ4n) is 6.27. The van der Waals surface area contributed by atoms with Crippen LogP contribution >= 0.6 is 0 Å². The number of esters is 3. The zero-order chi connectivity index (χ0) is 49.7. The van der Waals surface area contributed by atoms with E-state index in [0.29, 0.717) is 39.9 Å². The molecule has 0 aliphatic carbocycles. The molecule has 0 atom stereocenters. The van der Waals surface area contributed by atoms with Gasteiger partial charge in [0.25, 0.3) is 0 Å². The van der Waals surface area contributed by atoms with Crippen molar-refractivity contribution in [3.05, 3.63) is 170 Å². The first-order valence-corrected chi connectivity index (χ1v) is 21.9. The van der Waals surface area contributed by atoms with E-state index in [9.17, 15) is 19.5 Å². The maximum Gasteiger partial charge on any atom is 0.338 e. The van der Waals surface area contributed by atoms with Crippen molar-refractivity contribution in [1.82, 2.24) is 0 Å². The first-order valence-electron chi connectivity index (χ1n) is 21.9. The summed E-state index contributed by atoms with van der Waals surface area (Å²) in [6, 6.07) is 40.7. The highest BCUT2D eigenvalue weighted by atomic mass is 16.6. The number of ether oxygens (including phenoxy) is 7. The number of aliphatic hydroxyl groups is 2. The molecule has 0 aliphatic rings. The molecule has 69 heavy (non-hydrogen) atoms. The Morgan fingerprint density at radius 3 is 0.957 bits per heavy atom. The van der Waals surface area contributed by atoms with Crippen LogP contribution in [0.1, 0.15) is 20.8 Å². The standard InChI is InChI=1S/C34H34O8.C22H22O5/c1-22(2)32(35)40-17-15-38-29-11-7-25(8-12-29)27-19-28(21-31(20-27)42-34(37)24(5)6)26-9-13-30(14-10-26)39-16-18-41-33(36)23(3)4;23-9-11-26-21-5-1-16(2-6-21)18-13-19(15-20(25)14-18)17-3-7-22(8-4-17)27-12-10-24/h7-14,19-21H,1,3,5,15-18H2,2,4,6H3;1-8,13-15,23-25H,9-12H2. The molecule has 0 aliphatic heterocycles. The van der Waals surface area contributed by atoms with Crippen LogP contribution in [0, 0.1) is 0 Å². The van der Waals surface area contributed by atoms with Gasteiger partial charge in [0, 0.05) is 16.7 Å². The van der Waals surface area contributed by atoms with Gasteiger partial charge in [-0.25, -0.2) is 14.4 Å². The van der Waals surface area contributed by atoms with Crippen molar-refractivity contribution in [1.29, 1.82) is 0 Å². The molecule has 13 heteroatoms. The van der Waals surface area contributed by atoms with Crippen LogP contribution in [-0.4, -0.2) is 86.1 Å². The molecular weight excluding hydrogens is 881 g/mol. The summed E-state index contributed by atoms with van der Waals surface area (Å²) >= 11 is 0. The van der Waals surface area contributed by atoms with Crippen molar-refractivity contribution in [2.24, 2.45) is 0 Å². The Morgan fingerprint density at radius 1 is 0.377 bits per heavy atom. The summed E-state index contributed by atoms with van der Waals surface area (Å²) in [7, 11) is 0. The molecule has 0 heterocycles. The number of phenols is 1. The second-order valence-electron chi connectivity index (χ2n) is 15.5. The largest absolute Gasteiger partial charge is 0.508 e. The fraction of sp³-hybridized carbons (Fsp3) is 0.196. The minimum atomic E-state index is -0.523. The lowest BCUT2D eigenvalue weighted by molar-refractivity contribution is -0.140. The predicted molar refractivity (Wildman–Crippen MR) is 264 cm³/mol. The Labute approximate surface area is 402 Å². The summed E-state index contributed by atoms with van der Waals surface area (Å²) in [5.74, 6) is 1.71. The average Bonchev–Trinajstić information content (AvgIpc) is 3.35. The summed E-state index contributed by atoms with van der Waals surface area (Å²) in [5.41, 5.74) is 8.00. The molecule has 0 saturated heterocycles. The van der Waals surface area contributed by atoms with Crippen LogP contribution in [0.4, 0.5) is 0 Å². The summed E-state index contributed by atoms with van der Waals surface area (Å²) in [4.78, 5) is 35.3. The van der Waals surface area contributed by atoms with Crippen molar-refractivity contribution in [2.45, 2.75) is 20.8 Å². The van der Waals surface area contributed by atoms with Crippen molar-refractivity contribution in [3.8, 4) is 79.0 Å². The molecule has 13 nitrogen and oxygen atoms in total. The monoisotopic (exact) mass is 936 g/mol. The van der Waals surface area contributed by atoms with Gasteiger partial charge in [-0.3, -0.25) is 0 Å². The van der Waals surface area contributed by atoms with Gasteiger partial charge in [0.15, 0.2) is 0 Å². The molecular formula is C56H56O13. The maximum atomic E-state index is 12.3. The lowest BCUT2D eigenvalue weighted by Gasteiger charge is -2.13. The molecule has 358 valence electrons. The maximum absolute atomic E-state index is 12.3. The van der Waals surface area contributed by atoms with E-state index in [1.165, 1.54) is 0 Å². The normalized spacial score (nSPS) is 10.4. The first kappa shape index (κ1) is 51.8. The summed E-state index contributed by atoms with van der Waals surface area (Å²) in [5, 5.41) is 27.8. The van der Waals surface area contributed by atoms with Gasteiger partial charge < -0.3 is 48.5 Å². The van der Waals surface area contributed by atoms with Crippen LogP contribution in [0.2, 0.25) is 0 Å². The highest BCUT2D eigenvalue weighted by Gasteiger charge is 2.13. The van der Waals surface area contributed by atoms with E-state index in [1.807, 2.05) is 109 Å². The van der Waals surface area contributed by atoms with Crippen molar-refractivity contribution >= 4 is 17.9 Å². The van der Waals surface area contributed by atoms with E-state index in [-0.39, 0.29) is 64.2 Å². The van der Waals surface area contributed by atoms with E-state index in [1.54, 1.807) is 45.0 Å². The zero-order valence-electron chi connectivity index (χ0n) is 38.9. The van der Waals surface area contributed by atoms with Gasteiger partial charge in [0.1, 0.15) is 74.1 Å². The third-order valence-electron chi connectivity index (χ3n) is 9.72. The zero-order valence-corrected chi connectivity index (χ0v) is 38.9. The van der Waals surface area contributed by atoms with Gasteiger partial charge in [-0.1, -0.05) is 68.3 Å². The average molecular weight is 937 g/mol. The number of carbonyl (C=O) groups excluding carboxylic acids is 3. The molecule has 6 aromatic carbocycles. The quantitative estimate of drug-likeness (QED) is 0.0254. The lowest BCUT2D eigenvalue weighted by atomic mass is 9.98. The number of hydrogen-bond acceptors (Lipinski definition) is 13. The van der Waals surface area contributed by atoms with E-state index in [4.69, 9.17) is 43.4 Å². The van der Waals surface area contributed by atoms with Gasteiger partial charge in [-0.05, 0) is 150 Å². The highest BCUT2D eigenvalue weighted by molar-refractivity contribution is 5.90. The van der Waals surface area contributed by atoms with E-state index in [2.05, 4.69) is 19.7 Å². The third kappa shape index (κ3) is 16.6. The van der Waals surface area contributed by atoms with Crippen LogP contribution < -0.4 is 23.7 Å². The molecule has 0 unspecified atom stereocenters. The Bertz CT molecular complexity index is 2520. The minimum absolute atomic E-state index is 0.0263. The summed E-state index contributed by atoms with van der Waals surface area (Å²) < 4.78 is 37.7. The Morgan fingerprint density at radius 2 is 0.667 bits per heavy atom. The number of carbonyl (C=O) groups is 3. The van der Waals surface area contributed by atoms with Crippen LogP contribution in [0.3, 0.4) is 0 Å². The molecule has 3 N–H and O–H groups in total. The molecule has 6 rings (SSSR count). The van der Waals surface area contributed by atoms with Crippen molar-refractivity contribution < 1.29 is 62.9 Å². The SMILES string of the molecule is C=C(C)C(=O)OCCOc1ccc(-c2cc(OC(=O)C(=C)C)cc(-c3ccc(OCCOC(=O)C(=C)C)cc3)c2)cc1.OCCOc1ccc(-c2cc(O)cc(-c3ccc(OCCO)cc3)c2)cc1. The predicted octanol–water partition coefficient (Wildman–Crippen LogP) is 9.97. The molecule has 0 fully saturated rings. The number of aromatic hydroxyl groups is 1. The molecule has 0 radical (unpaired) electrons. The fourth-order valence-corrected chi connectivity index (χ4v) is 6.27. The lowest BCUT2D eigenvalue weighted by Crippen LogP contribution is -2.12. The number of rotatable bonds is 22. The van der Waals surface area contributed by atoms with Crippen LogP contribution in [0.5, 0.6) is 34.5 Å². The number of aliphatic hydroxyl groups excluding tert-OH is 2. The van der Waals surface area contributed by atoms with Crippen molar-refractivity contribution in [2.75, 3.05) is 52.9 Å². The Balaban J connectivity index is 0.000000282. The van der Waals surface area contributed by atoms with Crippen LogP contribution in [0.15, 0.2) is 170 Å². The minimum Gasteiger partial charge on any atom is -0.508 e. The molecule has 0 amide bonds. The van der Waals surface area contributed by atoms with E-state index < -0.39 is 17.9 Å². The number of phenolic OH excluding ortho intramolecular Hbond substituents is 1. The van der Waals surface area contributed by atoms with Gasteiger partial charge in [-0.2, -0.15) is 0 Å². The van der Waals surface area contributed by atoms with Gasteiger partial charge >= 0.3 is 17.9 Å². The second-order valence-corrected chi connectivity index (χ2v) is 15.5. The van der Waals surface area contributed by atoms with Crippen molar-refractivity contribution in [3.63, 3.8) is 0 Å². The van der Waals surface area contributed by atoms with Gasteiger partial charge in [0.2, 0.25) is 0 Å². The molecule has 0 bridgehead atoms.